The maximum Gasteiger partial charge on any atom is 0.336 e. The SMILES string of the molecule is Cc1c(C(=O)O)cc(C(O)C(O)C(=O)O)cc1[N+](=O)[O-]. The van der Waals surface area contributed by atoms with Gasteiger partial charge in [-0.15, -0.1) is 0 Å². The van der Waals surface area contributed by atoms with E-state index in [9.17, 15) is 29.9 Å². The normalized spacial score (nSPS) is 13.6. The van der Waals surface area contributed by atoms with Gasteiger partial charge in [-0.3, -0.25) is 10.1 Å². The van der Waals surface area contributed by atoms with Crippen molar-refractivity contribution in [3.8, 4) is 0 Å². The summed E-state index contributed by atoms with van der Waals surface area (Å²) in [6.45, 7) is 1.21. The average molecular weight is 285 g/mol. The van der Waals surface area contributed by atoms with Crippen LogP contribution in [0.1, 0.15) is 27.6 Å². The Balaban J connectivity index is 3.45. The first-order valence-corrected chi connectivity index (χ1v) is 5.28. The Morgan fingerprint density at radius 3 is 2.20 bits per heavy atom. The van der Waals surface area contributed by atoms with Gasteiger partial charge in [-0.1, -0.05) is 0 Å². The molecule has 108 valence electrons. The fraction of sp³-hybridized carbons (Fsp3) is 0.273. The predicted molar refractivity (Wildman–Crippen MR) is 63.4 cm³/mol. The molecule has 0 spiro atoms. The van der Waals surface area contributed by atoms with Crippen LogP contribution >= 0.6 is 0 Å². The lowest BCUT2D eigenvalue weighted by atomic mass is 9.97. The third-order valence-electron chi connectivity index (χ3n) is 2.72. The molecule has 1 rings (SSSR count). The smallest absolute Gasteiger partial charge is 0.336 e. The Hall–Kier alpha value is -2.52. The fourth-order valence-corrected chi connectivity index (χ4v) is 1.62. The van der Waals surface area contributed by atoms with Crippen LogP contribution in [0, 0.1) is 17.0 Å². The van der Waals surface area contributed by atoms with Gasteiger partial charge in [0.15, 0.2) is 6.10 Å². The zero-order valence-electron chi connectivity index (χ0n) is 10.2. The van der Waals surface area contributed by atoms with Crippen LogP contribution in [0.25, 0.3) is 0 Å². The largest absolute Gasteiger partial charge is 0.479 e. The van der Waals surface area contributed by atoms with Gasteiger partial charge in [0.05, 0.1) is 10.5 Å². The van der Waals surface area contributed by atoms with Crippen molar-refractivity contribution in [3.05, 3.63) is 38.9 Å². The lowest BCUT2D eigenvalue weighted by Gasteiger charge is -2.15. The van der Waals surface area contributed by atoms with E-state index in [4.69, 9.17) is 10.2 Å². The molecule has 2 unspecified atom stereocenters. The minimum absolute atomic E-state index is 0.136. The zero-order valence-corrected chi connectivity index (χ0v) is 10.2. The Labute approximate surface area is 111 Å². The number of carbonyl (C=O) groups is 2. The summed E-state index contributed by atoms with van der Waals surface area (Å²) in [6, 6.07) is 1.72. The van der Waals surface area contributed by atoms with E-state index in [0.29, 0.717) is 0 Å². The fourth-order valence-electron chi connectivity index (χ4n) is 1.62. The molecule has 1 aromatic carbocycles. The number of nitro benzene ring substituents is 1. The second-order valence-electron chi connectivity index (χ2n) is 4.00. The Morgan fingerprint density at radius 2 is 1.80 bits per heavy atom. The number of benzene rings is 1. The van der Waals surface area contributed by atoms with Crippen molar-refractivity contribution in [2.24, 2.45) is 0 Å². The van der Waals surface area contributed by atoms with Crippen molar-refractivity contribution in [2.45, 2.75) is 19.1 Å². The third-order valence-corrected chi connectivity index (χ3v) is 2.72. The van der Waals surface area contributed by atoms with Gasteiger partial charge < -0.3 is 20.4 Å². The van der Waals surface area contributed by atoms with E-state index in [2.05, 4.69) is 0 Å². The molecule has 0 aromatic heterocycles. The van der Waals surface area contributed by atoms with Crippen molar-refractivity contribution in [1.82, 2.24) is 0 Å². The van der Waals surface area contributed by atoms with Crippen LogP contribution in [0.4, 0.5) is 5.69 Å². The molecule has 0 aliphatic carbocycles. The quantitative estimate of drug-likeness (QED) is 0.437. The lowest BCUT2D eigenvalue weighted by Crippen LogP contribution is -2.27. The molecule has 0 fully saturated rings. The molecule has 0 saturated carbocycles. The molecule has 4 N–H and O–H groups in total. The molecule has 0 amide bonds. The molecule has 9 heteroatoms. The number of carboxylic acid groups (broad SMARTS) is 2. The number of carboxylic acids is 2. The molecule has 0 saturated heterocycles. The average Bonchev–Trinajstić information content (AvgIpc) is 2.36. The topological polar surface area (TPSA) is 158 Å². The highest BCUT2D eigenvalue weighted by Crippen LogP contribution is 2.28. The second kappa shape index (κ2) is 5.63. The Kier molecular flexibility index (Phi) is 4.38. The molecule has 9 nitrogen and oxygen atoms in total. The molecular weight excluding hydrogens is 274 g/mol. The van der Waals surface area contributed by atoms with Crippen molar-refractivity contribution < 1.29 is 34.9 Å². The van der Waals surface area contributed by atoms with Gasteiger partial charge in [0, 0.05) is 11.6 Å². The highest BCUT2D eigenvalue weighted by Gasteiger charge is 2.29. The molecule has 1 aromatic rings. The van der Waals surface area contributed by atoms with E-state index in [1.165, 1.54) is 6.92 Å². The number of rotatable bonds is 5. The second-order valence-corrected chi connectivity index (χ2v) is 4.00. The Bertz CT molecular complexity index is 547. The number of hydrogen-bond donors (Lipinski definition) is 4. The minimum Gasteiger partial charge on any atom is -0.479 e. The number of aliphatic carboxylic acids is 1. The standard InChI is InChI=1S/C11H11NO8/c1-4-6(10(15)16)2-5(3-7(4)12(19)20)8(13)9(14)11(17)18/h2-3,8-9,13-14H,1H3,(H,15,16)(H,17,18). The summed E-state index contributed by atoms with van der Waals surface area (Å²) in [4.78, 5) is 31.5. The van der Waals surface area contributed by atoms with Crippen LogP contribution in [-0.4, -0.2) is 43.4 Å². The van der Waals surface area contributed by atoms with Gasteiger partial charge in [0.2, 0.25) is 0 Å². The molecule has 2 atom stereocenters. The molecule has 0 aliphatic rings. The number of nitrogens with zero attached hydrogens (tertiary/aromatic N) is 1. The monoisotopic (exact) mass is 285 g/mol. The summed E-state index contributed by atoms with van der Waals surface area (Å²) >= 11 is 0. The number of aliphatic hydroxyl groups excluding tert-OH is 2. The zero-order chi connectivity index (χ0) is 15.6. The highest BCUT2D eigenvalue weighted by atomic mass is 16.6. The number of nitro groups is 1. The summed E-state index contributed by atoms with van der Waals surface area (Å²) in [5.74, 6) is -3.21. The number of hydrogen-bond acceptors (Lipinski definition) is 6. The summed E-state index contributed by atoms with van der Waals surface area (Å²) in [5.41, 5.74) is -1.54. The van der Waals surface area contributed by atoms with Crippen molar-refractivity contribution >= 4 is 17.6 Å². The van der Waals surface area contributed by atoms with Crippen molar-refractivity contribution in [2.75, 3.05) is 0 Å². The van der Waals surface area contributed by atoms with E-state index < -0.39 is 40.3 Å². The number of aliphatic hydroxyl groups is 2. The first-order valence-electron chi connectivity index (χ1n) is 5.28. The van der Waals surface area contributed by atoms with E-state index in [1.54, 1.807) is 0 Å². The number of aromatic carboxylic acids is 1. The third kappa shape index (κ3) is 2.90. The van der Waals surface area contributed by atoms with Crippen molar-refractivity contribution in [3.63, 3.8) is 0 Å². The summed E-state index contributed by atoms with van der Waals surface area (Å²) < 4.78 is 0. The molecule has 0 radical (unpaired) electrons. The van der Waals surface area contributed by atoms with E-state index in [1.807, 2.05) is 0 Å². The van der Waals surface area contributed by atoms with Crippen LogP contribution in [0.5, 0.6) is 0 Å². The van der Waals surface area contributed by atoms with E-state index in [0.717, 1.165) is 12.1 Å². The van der Waals surface area contributed by atoms with Gasteiger partial charge >= 0.3 is 11.9 Å². The van der Waals surface area contributed by atoms with Crippen LogP contribution in [0.2, 0.25) is 0 Å². The van der Waals surface area contributed by atoms with Crippen LogP contribution in [0.3, 0.4) is 0 Å². The highest BCUT2D eigenvalue weighted by molar-refractivity contribution is 5.91. The van der Waals surface area contributed by atoms with Gasteiger partial charge in [0.1, 0.15) is 6.10 Å². The van der Waals surface area contributed by atoms with Crippen molar-refractivity contribution in [1.29, 1.82) is 0 Å². The summed E-state index contributed by atoms with van der Waals surface area (Å²) in [5, 5.41) is 47.2. The molecule has 0 heterocycles. The predicted octanol–water partition coefficient (Wildman–Crippen LogP) is 0.0803. The molecular formula is C11H11NO8. The first-order chi connectivity index (χ1) is 9.16. The molecule has 20 heavy (non-hydrogen) atoms. The Morgan fingerprint density at radius 1 is 1.25 bits per heavy atom. The summed E-state index contributed by atoms with van der Waals surface area (Å²) in [7, 11) is 0. The van der Waals surface area contributed by atoms with Gasteiger partial charge in [0.25, 0.3) is 5.69 Å². The molecule has 0 aliphatic heterocycles. The van der Waals surface area contributed by atoms with Crippen LogP contribution in [-0.2, 0) is 4.79 Å². The maximum absolute atomic E-state index is 11.0. The van der Waals surface area contributed by atoms with E-state index >= 15 is 0 Å². The van der Waals surface area contributed by atoms with Crippen LogP contribution < -0.4 is 0 Å². The lowest BCUT2D eigenvalue weighted by molar-refractivity contribution is -0.385. The van der Waals surface area contributed by atoms with Gasteiger partial charge in [-0.05, 0) is 18.6 Å². The van der Waals surface area contributed by atoms with Gasteiger partial charge in [-0.2, -0.15) is 0 Å². The first kappa shape index (κ1) is 15.5. The maximum atomic E-state index is 11.0. The van der Waals surface area contributed by atoms with Gasteiger partial charge in [-0.25, -0.2) is 9.59 Å². The van der Waals surface area contributed by atoms with E-state index in [-0.39, 0.29) is 11.1 Å². The minimum atomic E-state index is -2.22. The molecule has 0 bridgehead atoms. The van der Waals surface area contributed by atoms with Crippen LogP contribution in [0.15, 0.2) is 12.1 Å². The summed E-state index contributed by atoms with van der Waals surface area (Å²) in [6.07, 6.45) is -4.20.